The Bertz CT molecular complexity index is 385. The van der Waals surface area contributed by atoms with Crippen LogP contribution in [0.2, 0.25) is 0 Å². The second-order valence-electron chi connectivity index (χ2n) is 3.91. The Labute approximate surface area is 98.2 Å². The minimum Gasteiger partial charge on any atom is -0.349 e. The summed E-state index contributed by atoms with van der Waals surface area (Å²) in [5.74, 6) is 0.0425. The fourth-order valence-electron chi connectivity index (χ4n) is 1.47. The molecule has 1 aromatic rings. The van der Waals surface area contributed by atoms with Crippen molar-refractivity contribution in [3.63, 3.8) is 0 Å². The Morgan fingerprint density at radius 3 is 2.80 bits per heavy atom. The molecule has 2 rings (SSSR count). The molecule has 15 heavy (non-hydrogen) atoms. The van der Waals surface area contributed by atoms with Gasteiger partial charge >= 0.3 is 0 Å². The molecule has 1 aromatic carbocycles. The zero-order valence-corrected chi connectivity index (χ0v) is 10.3. The monoisotopic (exact) mass is 267 g/mol. The van der Waals surface area contributed by atoms with Gasteiger partial charge in [-0.25, -0.2) is 0 Å². The molecule has 0 atom stereocenters. The third kappa shape index (κ3) is 2.59. The van der Waals surface area contributed by atoms with Crippen LogP contribution in [-0.4, -0.2) is 11.9 Å². The molecule has 0 heterocycles. The van der Waals surface area contributed by atoms with E-state index in [-0.39, 0.29) is 5.91 Å². The van der Waals surface area contributed by atoms with E-state index in [1.54, 1.807) is 0 Å². The molecule has 0 aromatic heterocycles. The second kappa shape index (κ2) is 4.35. The maximum atomic E-state index is 11.7. The molecular formula is C12H14BrNO. The quantitative estimate of drug-likeness (QED) is 0.897. The van der Waals surface area contributed by atoms with E-state index in [2.05, 4.69) is 28.2 Å². The van der Waals surface area contributed by atoms with Crippen LogP contribution in [0.5, 0.6) is 0 Å². The molecule has 80 valence electrons. The van der Waals surface area contributed by atoms with Gasteiger partial charge in [0.1, 0.15) is 0 Å². The fourth-order valence-corrected chi connectivity index (χ4v) is 2.13. The lowest BCUT2D eigenvalue weighted by atomic mass is 10.1. The summed E-state index contributed by atoms with van der Waals surface area (Å²) in [4.78, 5) is 11.7. The number of hydrogen-bond donors (Lipinski definition) is 1. The summed E-state index contributed by atoms with van der Waals surface area (Å²) in [6.45, 7) is 2.10. The number of aryl methyl sites for hydroxylation is 1. The molecule has 3 heteroatoms. The van der Waals surface area contributed by atoms with Gasteiger partial charge in [0.05, 0.1) is 0 Å². The van der Waals surface area contributed by atoms with Crippen LogP contribution >= 0.6 is 15.9 Å². The molecule has 1 aliphatic rings. The van der Waals surface area contributed by atoms with E-state index < -0.39 is 0 Å². The first-order valence-electron chi connectivity index (χ1n) is 5.30. The Hall–Kier alpha value is -0.830. The summed E-state index contributed by atoms with van der Waals surface area (Å²) in [5.41, 5.74) is 1.98. The van der Waals surface area contributed by atoms with E-state index in [1.807, 2.05) is 18.2 Å². The zero-order chi connectivity index (χ0) is 10.8. The van der Waals surface area contributed by atoms with Gasteiger partial charge in [-0.05, 0) is 37.0 Å². The van der Waals surface area contributed by atoms with E-state index in [0.717, 1.165) is 29.3 Å². The molecule has 0 radical (unpaired) electrons. The average molecular weight is 268 g/mol. The van der Waals surface area contributed by atoms with E-state index in [4.69, 9.17) is 0 Å². The van der Waals surface area contributed by atoms with E-state index in [9.17, 15) is 4.79 Å². The standard InChI is InChI=1S/C12H14BrNO/c1-2-8-3-4-9(7-11(8)13)12(15)14-10-5-6-10/h3-4,7,10H,2,5-6H2,1H3,(H,14,15). The molecule has 0 unspecified atom stereocenters. The molecule has 1 aliphatic carbocycles. The minimum atomic E-state index is 0.0425. The van der Waals surface area contributed by atoms with Crippen molar-refractivity contribution < 1.29 is 4.79 Å². The Morgan fingerprint density at radius 1 is 1.53 bits per heavy atom. The minimum absolute atomic E-state index is 0.0425. The third-order valence-electron chi connectivity index (χ3n) is 2.61. The molecule has 0 spiro atoms. The first-order chi connectivity index (χ1) is 7.20. The highest BCUT2D eigenvalue weighted by molar-refractivity contribution is 9.10. The predicted molar refractivity (Wildman–Crippen MR) is 64.0 cm³/mol. The van der Waals surface area contributed by atoms with Gasteiger partial charge in [-0.3, -0.25) is 4.79 Å². The highest BCUT2D eigenvalue weighted by Gasteiger charge is 2.23. The number of benzene rings is 1. The number of carbonyl (C=O) groups excluding carboxylic acids is 1. The normalized spacial score (nSPS) is 15.1. The summed E-state index contributed by atoms with van der Waals surface area (Å²) in [5, 5.41) is 2.98. The van der Waals surface area contributed by atoms with Crippen LogP contribution in [-0.2, 0) is 6.42 Å². The second-order valence-corrected chi connectivity index (χ2v) is 4.76. The van der Waals surface area contributed by atoms with Crippen LogP contribution in [0.1, 0.15) is 35.7 Å². The lowest BCUT2D eigenvalue weighted by Gasteiger charge is -2.06. The zero-order valence-electron chi connectivity index (χ0n) is 8.72. The Kier molecular flexibility index (Phi) is 3.10. The van der Waals surface area contributed by atoms with Crippen LogP contribution in [0.25, 0.3) is 0 Å². The number of rotatable bonds is 3. The average Bonchev–Trinajstić information content (AvgIpc) is 3.01. The maximum Gasteiger partial charge on any atom is 0.251 e. The van der Waals surface area contributed by atoms with Gasteiger partial charge in [-0.15, -0.1) is 0 Å². The van der Waals surface area contributed by atoms with Crippen LogP contribution in [0, 0.1) is 0 Å². The van der Waals surface area contributed by atoms with Crippen molar-refractivity contribution in [1.29, 1.82) is 0 Å². The number of carbonyl (C=O) groups is 1. The Balaban J connectivity index is 2.13. The molecule has 2 nitrogen and oxygen atoms in total. The highest BCUT2D eigenvalue weighted by atomic mass is 79.9. The number of hydrogen-bond acceptors (Lipinski definition) is 1. The predicted octanol–water partition coefficient (Wildman–Crippen LogP) is 2.90. The maximum absolute atomic E-state index is 11.7. The number of amides is 1. The topological polar surface area (TPSA) is 29.1 Å². The Morgan fingerprint density at radius 2 is 2.27 bits per heavy atom. The van der Waals surface area contributed by atoms with Crippen LogP contribution in [0.15, 0.2) is 22.7 Å². The van der Waals surface area contributed by atoms with Crippen molar-refractivity contribution in [2.24, 2.45) is 0 Å². The molecular weight excluding hydrogens is 254 g/mol. The number of nitrogens with one attached hydrogen (secondary N) is 1. The first-order valence-corrected chi connectivity index (χ1v) is 6.09. The van der Waals surface area contributed by atoms with E-state index in [1.165, 1.54) is 5.56 Å². The van der Waals surface area contributed by atoms with Crippen molar-refractivity contribution in [3.8, 4) is 0 Å². The largest absolute Gasteiger partial charge is 0.349 e. The SMILES string of the molecule is CCc1ccc(C(=O)NC2CC2)cc1Br. The number of halogens is 1. The molecule has 1 amide bonds. The van der Waals surface area contributed by atoms with Gasteiger partial charge in [0.25, 0.3) is 5.91 Å². The summed E-state index contributed by atoms with van der Waals surface area (Å²) in [6, 6.07) is 6.21. The molecule has 0 bridgehead atoms. The van der Waals surface area contributed by atoms with Gasteiger partial charge in [0, 0.05) is 16.1 Å². The highest BCUT2D eigenvalue weighted by Crippen LogP contribution is 2.22. The van der Waals surface area contributed by atoms with Crippen LogP contribution in [0.4, 0.5) is 0 Å². The van der Waals surface area contributed by atoms with Crippen molar-refractivity contribution in [2.45, 2.75) is 32.2 Å². The summed E-state index contributed by atoms with van der Waals surface area (Å²) >= 11 is 3.48. The van der Waals surface area contributed by atoms with Gasteiger partial charge in [0.2, 0.25) is 0 Å². The molecule has 0 saturated heterocycles. The van der Waals surface area contributed by atoms with Gasteiger partial charge in [0.15, 0.2) is 0 Å². The summed E-state index contributed by atoms with van der Waals surface area (Å²) in [7, 11) is 0. The van der Waals surface area contributed by atoms with Gasteiger partial charge in [-0.2, -0.15) is 0 Å². The summed E-state index contributed by atoms with van der Waals surface area (Å²) < 4.78 is 1.02. The summed E-state index contributed by atoms with van der Waals surface area (Å²) in [6.07, 6.45) is 3.23. The van der Waals surface area contributed by atoms with E-state index >= 15 is 0 Å². The smallest absolute Gasteiger partial charge is 0.251 e. The van der Waals surface area contributed by atoms with Crippen molar-refractivity contribution in [1.82, 2.24) is 5.32 Å². The lowest BCUT2D eigenvalue weighted by Crippen LogP contribution is -2.25. The molecule has 1 fully saturated rings. The van der Waals surface area contributed by atoms with Gasteiger partial charge < -0.3 is 5.32 Å². The van der Waals surface area contributed by atoms with Crippen molar-refractivity contribution in [2.75, 3.05) is 0 Å². The lowest BCUT2D eigenvalue weighted by molar-refractivity contribution is 0.0951. The van der Waals surface area contributed by atoms with Crippen LogP contribution in [0.3, 0.4) is 0 Å². The van der Waals surface area contributed by atoms with E-state index in [0.29, 0.717) is 6.04 Å². The molecule has 1 N–H and O–H groups in total. The third-order valence-corrected chi connectivity index (χ3v) is 3.35. The van der Waals surface area contributed by atoms with Crippen molar-refractivity contribution >= 4 is 21.8 Å². The molecule has 1 saturated carbocycles. The first kappa shape index (κ1) is 10.7. The van der Waals surface area contributed by atoms with Gasteiger partial charge in [-0.1, -0.05) is 28.9 Å². The van der Waals surface area contributed by atoms with Crippen LogP contribution < -0.4 is 5.32 Å². The van der Waals surface area contributed by atoms with Crippen molar-refractivity contribution in [3.05, 3.63) is 33.8 Å². The fraction of sp³-hybridized carbons (Fsp3) is 0.417. The molecule has 0 aliphatic heterocycles.